The second kappa shape index (κ2) is 4.76. The van der Waals surface area contributed by atoms with Crippen molar-refractivity contribution in [2.24, 2.45) is 22.6 Å². The van der Waals surface area contributed by atoms with Crippen LogP contribution in [0.4, 0.5) is 10.1 Å². The molecule has 3 unspecified atom stereocenters. The van der Waals surface area contributed by atoms with E-state index < -0.39 is 0 Å². The third-order valence-corrected chi connectivity index (χ3v) is 5.24. The molecule has 1 spiro atoms. The molecule has 3 nitrogen and oxygen atoms in total. The number of anilines is 1. The fourth-order valence-corrected chi connectivity index (χ4v) is 3.84. The SMILES string of the molecule is CC1CCCC2(CN=C(N)N2c2ccc(F)cc2)C1C. The van der Waals surface area contributed by atoms with Gasteiger partial charge in [-0.2, -0.15) is 0 Å². The minimum atomic E-state index is -0.220. The number of hydrogen-bond donors (Lipinski definition) is 1. The molecular weight excluding hydrogens is 253 g/mol. The van der Waals surface area contributed by atoms with E-state index in [1.807, 2.05) is 0 Å². The quantitative estimate of drug-likeness (QED) is 0.855. The summed E-state index contributed by atoms with van der Waals surface area (Å²) in [6.07, 6.45) is 3.56. The van der Waals surface area contributed by atoms with Crippen LogP contribution >= 0.6 is 0 Å². The summed E-state index contributed by atoms with van der Waals surface area (Å²) in [6.45, 7) is 5.36. The molecule has 1 fully saturated rings. The third kappa shape index (κ3) is 1.89. The Morgan fingerprint density at radius 3 is 2.70 bits per heavy atom. The van der Waals surface area contributed by atoms with E-state index in [9.17, 15) is 4.39 Å². The van der Waals surface area contributed by atoms with Gasteiger partial charge in [0.2, 0.25) is 0 Å². The lowest BCUT2D eigenvalue weighted by Crippen LogP contribution is -2.58. The summed E-state index contributed by atoms with van der Waals surface area (Å²) in [4.78, 5) is 6.65. The molecule has 0 aromatic heterocycles. The van der Waals surface area contributed by atoms with E-state index in [1.165, 1.54) is 25.0 Å². The molecule has 0 bridgehead atoms. The van der Waals surface area contributed by atoms with Crippen LogP contribution in [0, 0.1) is 17.7 Å². The van der Waals surface area contributed by atoms with Gasteiger partial charge in [-0.1, -0.05) is 26.7 Å². The van der Waals surface area contributed by atoms with Gasteiger partial charge < -0.3 is 10.6 Å². The number of benzene rings is 1. The van der Waals surface area contributed by atoms with E-state index in [-0.39, 0.29) is 11.4 Å². The summed E-state index contributed by atoms with van der Waals surface area (Å²) in [5, 5.41) is 0. The predicted octanol–water partition coefficient (Wildman–Crippen LogP) is 3.16. The number of nitrogens with two attached hydrogens (primary N) is 1. The van der Waals surface area contributed by atoms with Crippen molar-refractivity contribution in [2.75, 3.05) is 11.4 Å². The van der Waals surface area contributed by atoms with Crippen LogP contribution in [-0.2, 0) is 0 Å². The van der Waals surface area contributed by atoms with Crippen molar-refractivity contribution < 1.29 is 4.39 Å². The Labute approximate surface area is 119 Å². The van der Waals surface area contributed by atoms with Crippen LogP contribution < -0.4 is 10.6 Å². The lowest BCUT2D eigenvalue weighted by atomic mass is 9.67. The summed E-state index contributed by atoms with van der Waals surface area (Å²) >= 11 is 0. The molecule has 3 rings (SSSR count). The molecule has 1 aliphatic carbocycles. The molecule has 1 heterocycles. The molecule has 2 aliphatic rings. The number of aliphatic imine (C=N–C) groups is 1. The molecule has 3 atom stereocenters. The van der Waals surface area contributed by atoms with Crippen LogP contribution in [0.2, 0.25) is 0 Å². The summed E-state index contributed by atoms with van der Waals surface area (Å²) in [5.74, 6) is 1.53. The molecule has 0 radical (unpaired) electrons. The van der Waals surface area contributed by atoms with Crippen molar-refractivity contribution in [3.63, 3.8) is 0 Å². The summed E-state index contributed by atoms with van der Waals surface area (Å²) < 4.78 is 13.2. The van der Waals surface area contributed by atoms with Crippen molar-refractivity contribution in [3.8, 4) is 0 Å². The maximum absolute atomic E-state index is 13.2. The molecule has 1 aromatic rings. The highest BCUT2D eigenvalue weighted by atomic mass is 19.1. The monoisotopic (exact) mass is 275 g/mol. The van der Waals surface area contributed by atoms with Crippen LogP contribution in [-0.4, -0.2) is 18.0 Å². The van der Waals surface area contributed by atoms with Crippen molar-refractivity contribution in [3.05, 3.63) is 30.1 Å². The average molecular weight is 275 g/mol. The lowest BCUT2D eigenvalue weighted by Gasteiger charge is -2.49. The Morgan fingerprint density at radius 2 is 2.00 bits per heavy atom. The first-order valence-corrected chi connectivity index (χ1v) is 7.40. The van der Waals surface area contributed by atoms with Crippen LogP contribution in [0.5, 0.6) is 0 Å². The molecule has 108 valence electrons. The van der Waals surface area contributed by atoms with E-state index in [0.717, 1.165) is 18.7 Å². The van der Waals surface area contributed by atoms with Gasteiger partial charge in [0.15, 0.2) is 5.96 Å². The minimum absolute atomic E-state index is 0.0282. The molecule has 20 heavy (non-hydrogen) atoms. The Hall–Kier alpha value is -1.58. The first kappa shape index (κ1) is 13.4. The zero-order valence-corrected chi connectivity index (χ0v) is 12.1. The van der Waals surface area contributed by atoms with Crippen LogP contribution in [0.1, 0.15) is 33.1 Å². The van der Waals surface area contributed by atoms with Gasteiger partial charge in [0.25, 0.3) is 0 Å². The second-order valence-corrected chi connectivity index (χ2v) is 6.25. The molecule has 1 aromatic carbocycles. The third-order valence-electron chi connectivity index (χ3n) is 5.24. The fraction of sp³-hybridized carbons (Fsp3) is 0.562. The minimum Gasteiger partial charge on any atom is -0.369 e. The van der Waals surface area contributed by atoms with E-state index in [1.54, 1.807) is 12.1 Å². The van der Waals surface area contributed by atoms with Crippen LogP contribution in [0.3, 0.4) is 0 Å². The molecule has 2 N–H and O–H groups in total. The number of hydrogen-bond acceptors (Lipinski definition) is 3. The highest BCUT2D eigenvalue weighted by Gasteiger charge is 2.50. The van der Waals surface area contributed by atoms with E-state index >= 15 is 0 Å². The van der Waals surface area contributed by atoms with E-state index in [4.69, 9.17) is 5.73 Å². The molecular formula is C16H22FN3. The number of nitrogens with zero attached hydrogens (tertiary/aromatic N) is 2. The lowest BCUT2D eigenvalue weighted by molar-refractivity contribution is 0.159. The van der Waals surface area contributed by atoms with Crippen LogP contribution in [0.15, 0.2) is 29.3 Å². The number of halogens is 1. The molecule has 1 saturated carbocycles. The van der Waals surface area contributed by atoms with E-state index in [2.05, 4.69) is 23.7 Å². The molecule has 1 aliphatic heterocycles. The maximum Gasteiger partial charge on any atom is 0.196 e. The zero-order chi connectivity index (χ0) is 14.3. The molecule has 4 heteroatoms. The van der Waals surface area contributed by atoms with E-state index in [0.29, 0.717) is 17.8 Å². The zero-order valence-electron chi connectivity index (χ0n) is 12.1. The highest BCUT2D eigenvalue weighted by molar-refractivity contribution is 5.98. The average Bonchev–Trinajstić information content (AvgIpc) is 2.75. The van der Waals surface area contributed by atoms with Gasteiger partial charge in [0.05, 0.1) is 12.1 Å². The maximum atomic E-state index is 13.2. The molecule has 0 amide bonds. The predicted molar refractivity (Wildman–Crippen MR) is 80.3 cm³/mol. The van der Waals surface area contributed by atoms with Crippen molar-refractivity contribution >= 4 is 11.6 Å². The standard InChI is InChI=1S/C16H22FN3/c1-11-4-3-9-16(12(11)2)10-19-15(18)20(16)14-7-5-13(17)6-8-14/h5-8,11-12H,3-4,9-10H2,1-2H3,(H2,18,19). The van der Waals surface area contributed by atoms with Gasteiger partial charge in [0.1, 0.15) is 5.82 Å². The largest absolute Gasteiger partial charge is 0.369 e. The summed E-state index contributed by atoms with van der Waals surface area (Å²) in [5.41, 5.74) is 7.07. The van der Waals surface area contributed by atoms with Gasteiger partial charge in [-0.15, -0.1) is 0 Å². The Morgan fingerprint density at radius 1 is 1.30 bits per heavy atom. The first-order chi connectivity index (χ1) is 9.54. The molecule has 0 saturated heterocycles. The van der Waals surface area contributed by atoms with Gasteiger partial charge in [-0.05, 0) is 42.5 Å². The Kier molecular flexibility index (Phi) is 3.19. The van der Waals surface area contributed by atoms with Crippen LogP contribution in [0.25, 0.3) is 0 Å². The van der Waals surface area contributed by atoms with Crippen molar-refractivity contribution in [1.82, 2.24) is 0 Å². The second-order valence-electron chi connectivity index (χ2n) is 6.25. The Balaban J connectivity index is 2.01. The van der Waals surface area contributed by atoms with Gasteiger partial charge in [-0.3, -0.25) is 4.99 Å². The first-order valence-electron chi connectivity index (χ1n) is 7.40. The summed E-state index contributed by atoms with van der Waals surface area (Å²) in [6, 6.07) is 6.59. The fourth-order valence-electron chi connectivity index (χ4n) is 3.84. The van der Waals surface area contributed by atoms with Crippen molar-refractivity contribution in [2.45, 2.75) is 38.6 Å². The smallest absolute Gasteiger partial charge is 0.196 e. The van der Waals surface area contributed by atoms with Crippen molar-refractivity contribution in [1.29, 1.82) is 0 Å². The number of rotatable bonds is 1. The van der Waals surface area contributed by atoms with Gasteiger partial charge >= 0.3 is 0 Å². The normalized spacial score (nSPS) is 33.5. The topological polar surface area (TPSA) is 41.6 Å². The Bertz CT molecular complexity index is 525. The van der Waals surface area contributed by atoms with Gasteiger partial charge in [0, 0.05) is 5.69 Å². The number of guanidine groups is 1. The summed E-state index contributed by atoms with van der Waals surface area (Å²) in [7, 11) is 0. The highest BCUT2D eigenvalue weighted by Crippen LogP contribution is 2.45. The van der Waals surface area contributed by atoms with Gasteiger partial charge in [-0.25, -0.2) is 4.39 Å².